The zero-order chi connectivity index (χ0) is 25.9. The number of pyridine rings is 1. The van der Waals surface area contributed by atoms with Crippen molar-refractivity contribution in [3.63, 3.8) is 0 Å². The molecule has 2 heterocycles. The number of anilines is 2. The summed E-state index contributed by atoms with van der Waals surface area (Å²) in [7, 11) is 3.79. The van der Waals surface area contributed by atoms with Gasteiger partial charge >= 0.3 is 6.18 Å². The lowest BCUT2D eigenvalue weighted by atomic mass is 9.93. The van der Waals surface area contributed by atoms with E-state index in [1.807, 2.05) is 37.2 Å². The quantitative estimate of drug-likeness (QED) is 0.467. The van der Waals surface area contributed by atoms with Gasteiger partial charge in [-0.2, -0.15) is 13.2 Å². The van der Waals surface area contributed by atoms with Gasteiger partial charge in [0, 0.05) is 41.9 Å². The molecule has 6 nitrogen and oxygen atoms in total. The van der Waals surface area contributed by atoms with Gasteiger partial charge < -0.3 is 15.1 Å². The van der Waals surface area contributed by atoms with Crippen LogP contribution in [-0.4, -0.2) is 48.9 Å². The molecule has 0 atom stereocenters. The number of nitrogens with one attached hydrogen (secondary N) is 1. The first-order chi connectivity index (χ1) is 17.1. The Morgan fingerprint density at radius 3 is 2.69 bits per heavy atom. The molecule has 1 aliphatic rings. The summed E-state index contributed by atoms with van der Waals surface area (Å²) in [5, 5.41) is 3.74. The summed E-state index contributed by atoms with van der Waals surface area (Å²) in [4.78, 5) is 33.3. The molecule has 2 aromatic carbocycles. The van der Waals surface area contributed by atoms with E-state index < -0.39 is 17.6 Å². The molecular weight excluding hydrogens is 469 g/mol. The highest BCUT2D eigenvalue weighted by molar-refractivity contribution is 6.07. The lowest BCUT2D eigenvalue weighted by Crippen LogP contribution is -2.36. The van der Waals surface area contributed by atoms with E-state index >= 15 is 0 Å². The van der Waals surface area contributed by atoms with Crippen LogP contribution in [0.15, 0.2) is 60.8 Å². The molecular formula is C27H27F3N4O2. The average Bonchev–Trinajstić information content (AvgIpc) is 2.83. The number of carbonyl (C=O) groups excluding carboxylic acids is 2. The maximum Gasteiger partial charge on any atom is 0.416 e. The van der Waals surface area contributed by atoms with E-state index in [0.717, 1.165) is 23.0 Å². The van der Waals surface area contributed by atoms with E-state index in [1.54, 1.807) is 18.3 Å². The molecule has 0 radical (unpaired) electrons. The van der Waals surface area contributed by atoms with Gasteiger partial charge in [0.05, 0.1) is 16.8 Å². The van der Waals surface area contributed by atoms with Crippen LogP contribution in [0.4, 0.5) is 24.5 Å². The third kappa shape index (κ3) is 5.91. The van der Waals surface area contributed by atoms with Gasteiger partial charge in [0.1, 0.15) is 0 Å². The maximum absolute atomic E-state index is 13.4. The van der Waals surface area contributed by atoms with E-state index in [-0.39, 0.29) is 24.6 Å². The number of hydrogen-bond acceptors (Lipinski definition) is 4. The van der Waals surface area contributed by atoms with Crippen LogP contribution in [0.3, 0.4) is 0 Å². The highest BCUT2D eigenvalue weighted by Gasteiger charge is 2.34. The van der Waals surface area contributed by atoms with Crippen LogP contribution in [0.1, 0.15) is 30.4 Å². The van der Waals surface area contributed by atoms with Crippen molar-refractivity contribution in [2.24, 2.45) is 0 Å². The second kappa shape index (κ2) is 10.5. The molecule has 0 saturated heterocycles. The number of rotatable bonds is 6. The predicted octanol–water partition coefficient (Wildman–Crippen LogP) is 5.35. The van der Waals surface area contributed by atoms with Gasteiger partial charge in [0.15, 0.2) is 0 Å². The maximum atomic E-state index is 13.4. The number of aromatic nitrogens is 1. The minimum atomic E-state index is -4.54. The van der Waals surface area contributed by atoms with Crippen molar-refractivity contribution in [2.45, 2.75) is 25.4 Å². The van der Waals surface area contributed by atoms with Crippen molar-refractivity contribution in [3.8, 4) is 0 Å². The molecule has 3 aromatic rings. The lowest BCUT2D eigenvalue weighted by Gasteiger charge is -2.32. The molecule has 9 heteroatoms. The number of alkyl halides is 3. The molecule has 0 bridgehead atoms. The van der Waals surface area contributed by atoms with Gasteiger partial charge in [-0.05, 0) is 69.4 Å². The lowest BCUT2D eigenvalue weighted by molar-refractivity contribution is -0.137. The van der Waals surface area contributed by atoms with Crippen molar-refractivity contribution < 1.29 is 22.8 Å². The average molecular weight is 497 g/mol. The van der Waals surface area contributed by atoms with Crippen LogP contribution < -0.4 is 10.2 Å². The standard InChI is InChI=1S/C27H27F3N4O2/c1-33(2)13-4-6-26(36)34-14-11-19(22-10-8-20(16-24(22)34)27(28,29)30)15-25(35)32-21-9-7-18-5-3-12-31-23(18)17-21/h3,5,7-10,12,15-17H,4,6,11,13-14H2,1-2H3,(H,32,35)/b19-15+. The number of carbonyl (C=O) groups is 2. The highest BCUT2D eigenvalue weighted by Crippen LogP contribution is 2.40. The molecule has 0 unspecified atom stereocenters. The Kier molecular flexibility index (Phi) is 7.40. The van der Waals surface area contributed by atoms with Gasteiger partial charge in [-0.25, -0.2) is 0 Å². The van der Waals surface area contributed by atoms with Crippen molar-refractivity contribution in [3.05, 3.63) is 71.9 Å². The summed E-state index contributed by atoms with van der Waals surface area (Å²) in [5.74, 6) is -0.638. The van der Waals surface area contributed by atoms with Crippen molar-refractivity contribution in [1.29, 1.82) is 0 Å². The monoisotopic (exact) mass is 496 g/mol. The first-order valence-corrected chi connectivity index (χ1v) is 11.6. The molecule has 188 valence electrons. The zero-order valence-electron chi connectivity index (χ0n) is 20.1. The van der Waals surface area contributed by atoms with Gasteiger partial charge in [-0.1, -0.05) is 18.2 Å². The molecule has 4 rings (SSSR count). The number of fused-ring (bicyclic) bond motifs is 2. The third-order valence-corrected chi connectivity index (χ3v) is 6.04. The Morgan fingerprint density at radius 1 is 1.14 bits per heavy atom. The summed E-state index contributed by atoms with van der Waals surface area (Å²) < 4.78 is 40.3. The van der Waals surface area contributed by atoms with E-state index in [9.17, 15) is 22.8 Å². The van der Waals surface area contributed by atoms with E-state index in [2.05, 4.69) is 10.3 Å². The van der Waals surface area contributed by atoms with Crippen molar-refractivity contribution in [2.75, 3.05) is 37.4 Å². The van der Waals surface area contributed by atoms with Crippen LogP contribution in [0.25, 0.3) is 16.5 Å². The molecule has 1 aromatic heterocycles. The fourth-order valence-electron chi connectivity index (χ4n) is 4.26. The fraction of sp³-hybridized carbons (Fsp3) is 0.296. The summed E-state index contributed by atoms with van der Waals surface area (Å²) >= 11 is 0. The topological polar surface area (TPSA) is 65.5 Å². The van der Waals surface area contributed by atoms with Gasteiger partial charge in [0.25, 0.3) is 0 Å². The van der Waals surface area contributed by atoms with Gasteiger partial charge in [0.2, 0.25) is 11.8 Å². The Balaban J connectivity index is 1.60. The van der Waals surface area contributed by atoms with Crippen LogP contribution in [0.5, 0.6) is 0 Å². The SMILES string of the molecule is CN(C)CCCC(=O)N1CC/C(=C\C(=O)Nc2ccc3cccnc3c2)c2ccc(C(F)(F)F)cc21. The Labute approximate surface area is 207 Å². The first-order valence-electron chi connectivity index (χ1n) is 11.6. The van der Waals surface area contributed by atoms with Gasteiger partial charge in [-0.3, -0.25) is 14.6 Å². The molecule has 0 aliphatic carbocycles. The second-order valence-corrected chi connectivity index (χ2v) is 9.00. The van der Waals surface area contributed by atoms with Crippen molar-refractivity contribution in [1.82, 2.24) is 9.88 Å². The summed E-state index contributed by atoms with van der Waals surface area (Å²) in [6.07, 6.45) is -0.312. The molecule has 2 amide bonds. The summed E-state index contributed by atoms with van der Waals surface area (Å²) in [6.45, 7) is 0.902. The minimum absolute atomic E-state index is 0.180. The van der Waals surface area contributed by atoms with E-state index in [0.29, 0.717) is 36.2 Å². The molecule has 1 aliphatic heterocycles. The largest absolute Gasteiger partial charge is 0.416 e. The number of nitrogens with zero attached hydrogens (tertiary/aromatic N) is 3. The van der Waals surface area contributed by atoms with Gasteiger partial charge in [-0.15, -0.1) is 0 Å². The van der Waals surface area contributed by atoms with E-state index in [4.69, 9.17) is 0 Å². The number of hydrogen-bond donors (Lipinski definition) is 1. The molecule has 36 heavy (non-hydrogen) atoms. The first kappa shape index (κ1) is 25.4. The second-order valence-electron chi connectivity index (χ2n) is 9.00. The van der Waals surface area contributed by atoms with Crippen LogP contribution in [0, 0.1) is 0 Å². The fourth-order valence-corrected chi connectivity index (χ4v) is 4.26. The van der Waals surface area contributed by atoms with E-state index in [1.165, 1.54) is 17.0 Å². The number of benzene rings is 2. The molecule has 0 saturated carbocycles. The normalized spacial score (nSPS) is 14.8. The smallest absolute Gasteiger partial charge is 0.322 e. The van der Waals surface area contributed by atoms with Crippen LogP contribution in [-0.2, 0) is 15.8 Å². The number of amides is 2. The third-order valence-electron chi connectivity index (χ3n) is 6.04. The van der Waals surface area contributed by atoms with Crippen LogP contribution >= 0.6 is 0 Å². The Morgan fingerprint density at radius 2 is 1.94 bits per heavy atom. The predicted molar refractivity (Wildman–Crippen MR) is 135 cm³/mol. The molecule has 0 spiro atoms. The van der Waals surface area contributed by atoms with Crippen molar-refractivity contribution >= 4 is 39.7 Å². The highest BCUT2D eigenvalue weighted by atomic mass is 19.4. The summed E-state index contributed by atoms with van der Waals surface area (Å²) in [5.41, 5.74) is 1.66. The molecule has 1 N–H and O–H groups in total. The summed E-state index contributed by atoms with van der Waals surface area (Å²) in [6, 6.07) is 12.4. The minimum Gasteiger partial charge on any atom is -0.322 e. The zero-order valence-corrected chi connectivity index (χ0v) is 20.1. The van der Waals surface area contributed by atoms with Crippen LogP contribution in [0.2, 0.25) is 0 Å². The molecule has 0 fully saturated rings. The Bertz CT molecular complexity index is 1320. The Hall–Kier alpha value is -3.72. The number of halogens is 3.